The van der Waals surface area contributed by atoms with Gasteiger partial charge in [-0.15, -0.1) is 0 Å². The van der Waals surface area contributed by atoms with Gasteiger partial charge in [0.2, 0.25) is 11.8 Å². The quantitative estimate of drug-likeness (QED) is 0.858. The Morgan fingerprint density at radius 3 is 2.23 bits per heavy atom. The first-order valence-electron chi connectivity index (χ1n) is 7.37. The molecular weight excluding hydrogens is 276 g/mol. The van der Waals surface area contributed by atoms with Crippen molar-refractivity contribution in [1.29, 1.82) is 0 Å². The van der Waals surface area contributed by atoms with Gasteiger partial charge in [-0.2, -0.15) is 0 Å². The molecule has 0 heterocycles. The summed E-state index contributed by atoms with van der Waals surface area (Å²) in [4.78, 5) is 23.6. The summed E-state index contributed by atoms with van der Waals surface area (Å²) in [5.74, 6) is -0.701. The van der Waals surface area contributed by atoms with Crippen LogP contribution in [0.25, 0.3) is 0 Å². The fraction of sp³-hybridized carbons (Fsp3) is 0.222. The largest absolute Gasteiger partial charge is 0.366 e. The van der Waals surface area contributed by atoms with Crippen molar-refractivity contribution in [2.75, 3.05) is 5.32 Å². The van der Waals surface area contributed by atoms with E-state index in [0.717, 1.165) is 18.4 Å². The fourth-order valence-electron chi connectivity index (χ4n) is 2.37. The number of hydrogen-bond donors (Lipinski definition) is 2. The maximum Gasteiger partial charge on any atom is 0.248 e. The van der Waals surface area contributed by atoms with Gasteiger partial charge in [-0.1, -0.05) is 43.7 Å². The van der Waals surface area contributed by atoms with Crippen LogP contribution < -0.4 is 11.1 Å². The van der Waals surface area contributed by atoms with Crippen molar-refractivity contribution in [3.05, 3.63) is 65.7 Å². The molecule has 0 saturated carbocycles. The first-order chi connectivity index (χ1) is 10.6. The number of carbonyl (C=O) groups is 2. The second-order valence-corrected chi connectivity index (χ2v) is 5.18. The van der Waals surface area contributed by atoms with Gasteiger partial charge in [-0.3, -0.25) is 9.59 Å². The van der Waals surface area contributed by atoms with Crippen LogP contribution in [0.15, 0.2) is 54.6 Å². The van der Waals surface area contributed by atoms with Gasteiger partial charge in [0.25, 0.3) is 0 Å². The predicted molar refractivity (Wildman–Crippen MR) is 87.7 cm³/mol. The Labute approximate surface area is 130 Å². The monoisotopic (exact) mass is 296 g/mol. The summed E-state index contributed by atoms with van der Waals surface area (Å²) in [6.07, 6.45) is 1.71. The highest BCUT2D eigenvalue weighted by atomic mass is 16.2. The maximum absolute atomic E-state index is 12.5. The molecule has 0 aromatic heterocycles. The van der Waals surface area contributed by atoms with E-state index in [-0.39, 0.29) is 11.8 Å². The molecule has 2 amide bonds. The highest BCUT2D eigenvalue weighted by Crippen LogP contribution is 2.23. The third-order valence-electron chi connectivity index (χ3n) is 3.53. The van der Waals surface area contributed by atoms with Gasteiger partial charge in [0.05, 0.1) is 5.92 Å². The summed E-state index contributed by atoms with van der Waals surface area (Å²) in [6.45, 7) is 2.06. The van der Waals surface area contributed by atoms with Crippen LogP contribution in [-0.2, 0) is 4.79 Å². The van der Waals surface area contributed by atoms with E-state index in [0.29, 0.717) is 11.3 Å². The minimum atomic E-state index is -0.481. The molecule has 2 aromatic carbocycles. The predicted octanol–water partition coefficient (Wildman–Crippen LogP) is 3.31. The Kier molecular flexibility index (Phi) is 5.31. The first-order valence-corrected chi connectivity index (χ1v) is 7.37. The zero-order chi connectivity index (χ0) is 15.9. The zero-order valence-electron chi connectivity index (χ0n) is 12.6. The standard InChI is InChI=1S/C18H20N2O2/c1-2-6-16(13-7-4-3-5-8-13)18(22)20-15-11-9-14(10-12-15)17(19)21/h3-5,7-12,16H,2,6H2,1H3,(H2,19,21)(H,20,22)/t16-/m0/s1. The van der Waals surface area contributed by atoms with Crippen molar-refractivity contribution in [2.24, 2.45) is 5.73 Å². The molecule has 0 aliphatic heterocycles. The van der Waals surface area contributed by atoms with Crippen molar-refractivity contribution < 1.29 is 9.59 Å². The van der Waals surface area contributed by atoms with E-state index in [9.17, 15) is 9.59 Å². The Hall–Kier alpha value is -2.62. The lowest BCUT2D eigenvalue weighted by Gasteiger charge is -2.16. The number of anilines is 1. The molecule has 2 rings (SSSR count). The van der Waals surface area contributed by atoms with Crippen molar-refractivity contribution in [1.82, 2.24) is 0 Å². The Morgan fingerprint density at radius 1 is 1.05 bits per heavy atom. The van der Waals surface area contributed by atoms with E-state index in [1.165, 1.54) is 0 Å². The highest BCUT2D eigenvalue weighted by Gasteiger charge is 2.19. The number of amides is 2. The molecule has 4 nitrogen and oxygen atoms in total. The SMILES string of the molecule is CCC[C@H](C(=O)Nc1ccc(C(N)=O)cc1)c1ccccc1. The van der Waals surface area contributed by atoms with Crippen LogP contribution in [0.4, 0.5) is 5.69 Å². The molecule has 0 aliphatic carbocycles. The Balaban J connectivity index is 2.12. The summed E-state index contributed by atoms with van der Waals surface area (Å²) < 4.78 is 0. The minimum absolute atomic E-state index is 0.0418. The number of nitrogens with one attached hydrogen (secondary N) is 1. The molecule has 4 heteroatoms. The lowest BCUT2D eigenvalue weighted by Crippen LogP contribution is -2.21. The number of hydrogen-bond acceptors (Lipinski definition) is 2. The lowest BCUT2D eigenvalue weighted by atomic mass is 9.93. The van der Waals surface area contributed by atoms with Crippen LogP contribution >= 0.6 is 0 Å². The van der Waals surface area contributed by atoms with E-state index in [1.54, 1.807) is 24.3 Å². The van der Waals surface area contributed by atoms with Crippen molar-refractivity contribution >= 4 is 17.5 Å². The number of rotatable bonds is 6. The molecule has 3 N–H and O–H groups in total. The molecule has 0 fully saturated rings. The van der Waals surface area contributed by atoms with Gasteiger partial charge >= 0.3 is 0 Å². The Bertz CT molecular complexity index is 636. The highest BCUT2D eigenvalue weighted by molar-refractivity contribution is 5.97. The molecule has 0 radical (unpaired) electrons. The average molecular weight is 296 g/mol. The van der Waals surface area contributed by atoms with Gasteiger partial charge in [0, 0.05) is 11.3 Å². The second kappa shape index (κ2) is 7.41. The number of benzene rings is 2. The molecule has 22 heavy (non-hydrogen) atoms. The Morgan fingerprint density at radius 2 is 1.68 bits per heavy atom. The molecule has 2 aromatic rings. The van der Waals surface area contributed by atoms with E-state index >= 15 is 0 Å². The molecule has 0 unspecified atom stereocenters. The van der Waals surface area contributed by atoms with Crippen LogP contribution in [-0.4, -0.2) is 11.8 Å². The summed E-state index contributed by atoms with van der Waals surface area (Å²) in [5.41, 5.74) is 7.29. The topological polar surface area (TPSA) is 72.2 Å². The smallest absolute Gasteiger partial charge is 0.248 e. The van der Waals surface area contributed by atoms with Crippen molar-refractivity contribution in [3.8, 4) is 0 Å². The second-order valence-electron chi connectivity index (χ2n) is 5.18. The van der Waals surface area contributed by atoms with Gasteiger partial charge < -0.3 is 11.1 Å². The van der Waals surface area contributed by atoms with Gasteiger partial charge in [0.1, 0.15) is 0 Å². The van der Waals surface area contributed by atoms with Gasteiger partial charge in [-0.05, 0) is 36.2 Å². The molecule has 1 atom stereocenters. The number of carbonyl (C=O) groups excluding carboxylic acids is 2. The third-order valence-corrected chi connectivity index (χ3v) is 3.53. The normalized spacial score (nSPS) is 11.7. The first kappa shape index (κ1) is 15.8. The lowest BCUT2D eigenvalue weighted by molar-refractivity contribution is -0.117. The van der Waals surface area contributed by atoms with E-state index in [1.807, 2.05) is 30.3 Å². The maximum atomic E-state index is 12.5. The van der Waals surface area contributed by atoms with Crippen LogP contribution in [0, 0.1) is 0 Å². The average Bonchev–Trinajstić information content (AvgIpc) is 2.53. The summed E-state index contributed by atoms with van der Waals surface area (Å²) in [6, 6.07) is 16.3. The molecule has 0 saturated heterocycles. The van der Waals surface area contributed by atoms with E-state index in [4.69, 9.17) is 5.73 Å². The van der Waals surface area contributed by atoms with E-state index < -0.39 is 5.91 Å². The molecular formula is C18H20N2O2. The summed E-state index contributed by atoms with van der Waals surface area (Å²) >= 11 is 0. The zero-order valence-corrected chi connectivity index (χ0v) is 12.6. The fourth-order valence-corrected chi connectivity index (χ4v) is 2.37. The molecule has 114 valence electrons. The van der Waals surface area contributed by atoms with Crippen LogP contribution in [0.1, 0.15) is 41.6 Å². The summed E-state index contributed by atoms with van der Waals surface area (Å²) in [5, 5.41) is 2.90. The molecule has 0 bridgehead atoms. The van der Waals surface area contributed by atoms with Crippen LogP contribution in [0.5, 0.6) is 0 Å². The van der Waals surface area contributed by atoms with Gasteiger partial charge in [-0.25, -0.2) is 0 Å². The van der Waals surface area contributed by atoms with Gasteiger partial charge in [0.15, 0.2) is 0 Å². The van der Waals surface area contributed by atoms with Crippen molar-refractivity contribution in [3.63, 3.8) is 0 Å². The van der Waals surface area contributed by atoms with Crippen molar-refractivity contribution in [2.45, 2.75) is 25.7 Å². The number of nitrogens with two attached hydrogens (primary N) is 1. The molecule has 0 spiro atoms. The number of primary amides is 1. The minimum Gasteiger partial charge on any atom is -0.366 e. The van der Waals surface area contributed by atoms with E-state index in [2.05, 4.69) is 12.2 Å². The third kappa shape index (κ3) is 3.95. The van der Waals surface area contributed by atoms with Crippen LogP contribution in [0.2, 0.25) is 0 Å². The molecule has 0 aliphatic rings. The summed E-state index contributed by atoms with van der Waals surface area (Å²) in [7, 11) is 0. The van der Waals surface area contributed by atoms with Crippen LogP contribution in [0.3, 0.4) is 0 Å².